The maximum Gasteiger partial charge on any atom is 0.272 e. The first kappa shape index (κ1) is 13.7. The fourth-order valence-corrected chi connectivity index (χ4v) is 2.99. The second-order valence-corrected chi connectivity index (χ2v) is 6.41. The van der Waals surface area contributed by atoms with E-state index in [-0.39, 0.29) is 5.91 Å². The van der Waals surface area contributed by atoms with Gasteiger partial charge in [-0.15, -0.1) is 0 Å². The Bertz CT molecular complexity index is 677. The van der Waals surface area contributed by atoms with Crippen LogP contribution in [0.4, 0.5) is 5.69 Å². The third-order valence-electron chi connectivity index (χ3n) is 3.36. The van der Waals surface area contributed by atoms with E-state index in [0.717, 1.165) is 28.6 Å². The predicted molar refractivity (Wildman–Crippen MR) is 84.5 cm³/mol. The Morgan fingerprint density at radius 2 is 2.15 bits per heavy atom. The number of hydrogen-bond acceptors (Lipinski definition) is 1. The Hall–Kier alpha value is -1.26. The lowest BCUT2D eigenvalue weighted by Gasteiger charge is -2.10. The van der Waals surface area contributed by atoms with Gasteiger partial charge in [-0.2, -0.15) is 0 Å². The summed E-state index contributed by atoms with van der Waals surface area (Å²) >= 11 is 9.49. The van der Waals surface area contributed by atoms with Gasteiger partial charge in [0.15, 0.2) is 0 Å². The van der Waals surface area contributed by atoms with Crippen LogP contribution in [0.2, 0.25) is 5.02 Å². The number of carbonyl (C=O) groups is 1. The molecule has 104 valence electrons. The van der Waals surface area contributed by atoms with Crippen molar-refractivity contribution in [1.82, 2.24) is 4.57 Å². The van der Waals surface area contributed by atoms with Crippen LogP contribution in [-0.4, -0.2) is 10.5 Å². The van der Waals surface area contributed by atoms with Crippen molar-refractivity contribution >= 4 is 39.1 Å². The highest BCUT2D eigenvalue weighted by Gasteiger charge is 2.28. The fourth-order valence-electron chi connectivity index (χ4n) is 2.19. The molecule has 0 bridgehead atoms. The molecule has 3 rings (SSSR count). The van der Waals surface area contributed by atoms with Gasteiger partial charge >= 0.3 is 0 Å². The Kier molecular flexibility index (Phi) is 3.61. The van der Waals surface area contributed by atoms with Crippen LogP contribution in [0, 0.1) is 6.92 Å². The molecule has 20 heavy (non-hydrogen) atoms. The number of nitrogens with one attached hydrogen (secondary N) is 1. The molecule has 2 aromatic rings. The van der Waals surface area contributed by atoms with Crippen molar-refractivity contribution in [2.45, 2.75) is 25.8 Å². The van der Waals surface area contributed by atoms with Crippen molar-refractivity contribution in [3.05, 3.63) is 51.2 Å². The van der Waals surface area contributed by atoms with E-state index < -0.39 is 0 Å². The number of benzene rings is 1. The topological polar surface area (TPSA) is 34.0 Å². The third-order valence-corrected chi connectivity index (χ3v) is 4.22. The monoisotopic (exact) mass is 352 g/mol. The molecule has 0 aliphatic heterocycles. The van der Waals surface area contributed by atoms with E-state index in [4.69, 9.17) is 11.6 Å². The molecule has 3 nitrogen and oxygen atoms in total. The Labute approximate surface area is 131 Å². The van der Waals surface area contributed by atoms with E-state index in [1.165, 1.54) is 0 Å². The zero-order valence-corrected chi connectivity index (χ0v) is 13.3. The molecule has 1 aromatic heterocycles. The minimum atomic E-state index is -0.131. The minimum absolute atomic E-state index is 0.131. The van der Waals surface area contributed by atoms with Crippen LogP contribution < -0.4 is 5.32 Å². The smallest absolute Gasteiger partial charge is 0.272 e. The Morgan fingerprint density at radius 3 is 2.80 bits per heavy atom. The van der Waals surface area contributed by atoms with Crippen molar-refractivity contribution in [1.29, 1.82) is 0 Å². The maximum absolute atomic E-state index is 12.4. The van der Waals surface area contributed by atoms with Crippen molar-refractivity contribution in [3.63, 3.8) is 0 Å². The number of rotatable bonds is 3. The molecule has 1 fully saturated rings. The van der Waals surface area contributed by atoms with Gasteiger partial charge < -0.3 is 9.88 Å². The average molecular weight is 354 g/mol. The summed E-state index contributed by atoms with van der Waals surface area (Å²) in [6, 6.07) is 7.97. The molecular formula is C15H14BrClN2O. The van der Waals surface area contributed by atoms with E-state index in [1.807, 2.05) is 35.9 Å². The molecule has 1 aliphatic rings. The van der Waals surface area contributed by atoms with Crippen molar-refractivity contribution in [2.24, 2.45) is 0 Å². The first-order valence-electron chi connectivity index (χ1n) is 6.49. The molecule has 0 saturated heterocycles. The quantitative estimate of drug-likeness (QED) is 0.845. The van der Waals surface area contributed by atoms with Gasteiger partial charge in [0.25, 0.3) is 5.91 Å². The zero-order valence-electron chi connectivity index (χ0n) is 11.0. The van der Waals surface area contributed by atoms with Gasteiger partial charge in [0.1, 0.15) is 5.69 Å². The van der Waals surface area contributed by atoms with Crippen LogP contribution in [-0.2, 0) is 0 Å². The third kappa shape index (κ3) is 2.76. The molecule has 1 aliphatic carbocycles. The lowest BCUT2D eigenvalue weighted by molar-refractivity contribution is 0.101. The highest BCUT2D eigenvalue weighted by atomic mass is 79.9. The second-order valence-electron chi connectivity index (χ2n) is 5.12. The van der Waals surface area contributed by atoms with Crippen LogP contribution >= 0.6 is 27.5 Å². The molecule has 0 atom stereocenters. The number of hydrogen-bond donors (Lipinski definition) is 1. The van der Waals surface area contributed by atoms with Crippen LogP contribution in [0.25, 0.3) is 0 Å². The van der Waals surface area contributed by atoms with E-state index >= 15 is 0 Å². The minimum Gasteiger partial charge on any atom is -0.339 e. The maximum atomic E-state index is 12.4. The van der Waals surface area contributed by atoms with Gasteiger partial charge in [-0.25, -0.2) is 0 Å². The summed E-state index contributed by atoms with van der Waals surface area (Å²) in [7, 11) is 0. The summed E-state index contributed by atoms with van der Waals surface area (Å²) in [5, 5.41) is 3.53. The Balaban J connectivity index is 1.86. The molecular weight excluding hydrogens is 340 g/mol. The molecule has 0 unspecified atom stereocenters. The van der Waals surface area contributed by atoms with Crippen LogP contribution in [0.15, 0.2) is 34.9 Å². The largest absolute Gasteiger partial charge is 0.339 e. The lowest BCUT2D eigenvalue weighted by Crippen LogP contribution is -2.16. The number of amides is 1. The normalized spacial score (nSPS) is 14.3. The van der Waals surface area contributed by atoms with Gasteiger partial charge in [0.05, 0.1) is 10.7 Å². The zero-order chi connectivity index (χ0) is 14.3. The summed E-state index contributed by atoms with van der Waals surface area (Å²) < 4.78 is 2.85. The summed E-state index contributed by atoms with van der Waals surface area (Å²) in [4.78, 5) is 12.4. The molecule has 0 spiro atoms. The van der Waals surface area contributed by atoms with Crippen LogP contribution in [0.1, 0.15) is 34.9 Å². The first-order chi connectivity index (χ1) is 9.54. The number of carbonyl (C=O) groups excluding carboxylic acids is 1. The SMILES string of the molecule is Cc1ccc(NC(=O)c2cc(Cl)cn2C2CC2)c(Br)c1. The number of nitrogens with zero attached hydrogens (tertiary/aromatic N) is 1. The van der Waals surface area contributed by atoms with Crippen LogP contribution in [0.3, 0.4) is 0 Å². The van der Waals surface area contributed by atoms with Gasteiger partial charge in [-0.3, -0.25) is 4.79 Å². The molecule has 5 heteroatoms. The fraction of sp³-hybridized carbons (Fsp3) is 0.267. The molecule has 1 aromatic carbocycles. The van der Waals surface area contributed by atoms with Crippen LogP contribution in [0.5, 0.6) is 0 Å². The van der Waals surface area contributed by atoms with E-state index in [9.17, 15) is 4.79 Å². The summed E-state index contributed by atoms with van der Waals surface area (Å²) in [6.45, 7) is 2.01. The molecule has 1 N–H and O–H groups in total. The number of aromatic nitrogens is 1. The second kappa shape index (κ2) is 5.26. The predicted octanol–water partition coefficient (Wildman–Crippen LogP) is 4.80. The summed E-state index contributed by atoms with van der Waals surface area (Å²) in [6.07, 6.45) is 4.05. The van der Waals surface area contributed by atoms with E-state index in [2.05, 4.69) is 21.2 Å². The highest BCUT2D eigenvalue weighted by molar-refractivity contribution is 9.10. The molecule has 1 saturated carbocycles. The number of anilines is 1. The number of halogens is 2. The van der Waals surface area contributed by atoms with E-state index in [0.29, 0.717) is 16.8 Å². The Morgan fingerprint density at radius 1 is 1.40 bits per heavy atom. The van der Waals surface area contributed by atoms with Gasteiger partial charge in [0.2, 0.25) is 0 Å². The van der Waals surface area contributed by atoms with Crippen molar-refractivity contribution in [3.8, 4) is 0 Å². The molecule has 1 heterocycles. The lowest BCUT2D eigenvalue weighted by atomic mass is 10.2. The van der Waals surface area contributed by atoms with Gasteiger partial charge in [-0.1, -0.05) is 17.7 Å². The van der Waals surface area contributed by atoms with Crippen molar-refractivity contribution < 1.29 is 4.79 Å². The van der Waals surface area contributed by atoms with Crippen molar-refractivity contribution in [2.75, 3.05) is 5.32 Å². The first-order valence-corrected chi connectivity index (χ1v) is 7.66. The standard InChI is InChI=1S/C15H14BrClN2O/c1-9-2-5-13(12(16)6-9)18-15(20)14-7-10(17)8-19(14)11-3-4-11/h2,5-8,11H,3-4H2,1H3,(H,18,20). The summed E-state index contributed by atoms with van der Waals surface area (Å²) in [5.74, 6) is -0.131. The van der Waals surface area contributed by atoms with E-state index in [1.54, 1.807) is 6.07 Å². The van der Waals surface area contributed by atoms with Gasteiger partial charge in [-0.05, 0) is 59.5 Å². The summed E-state index contributed by atoms with van der Waals surface area (Å²) in [5.41, 5.74) is 2.52. The molecule has 1 amide bonds. The molecule has 0 radical (unpaired) electrons. The highest BCUT2D eigenvalue weighted by Crippen LogP contribution is 2.37. The average Bonchev–Trinajstić information content (AvgIpc) is 3.16. The van der Waals surface area contributed by atoms with Gasteiger partial charge in [0, 0.05) is 16.7 Å². The number of aryl methyl sites for hydroxylation is 1.